The molecule has 32 heavy (non-hydrogen) atoms. The van der Waals surface area contributed by atoms with Gasteiger partial charge in [-0.15, -0.1) is 0 Å². The second kappa shape index (κ2) is 11.2. The highest BCUT2D eigenvalue weighted by atomic mass is 32.2. The number of hydrogen-bond donors (Lipinski definition) is 1. The molecular weight excluding hydrogens is 416 g/mol. The molecule has 180 valence electrons. The molecule has 4 unspecified atom stereocenters. The highest BCUT2D eigenvalue weighted by Gasteiger charge is 2.22. The van der Waals surface area contributed by atoms with Gasteiger partial charge in [-0.1, -0.05) is 79.7 Å². The molecule has 2 aromatic rings. The van der Waals surface area contributed by atoms with Crippen molar-refractivity contribution in [1.82, 2.24) is 0 Å². The Balaban J connectivity index is 2.53. The normalized spacial score (nSPS) is 16.5. The van der Waals surface area contributed by atoms with Crippen molar-refractivity contribution in [1.29, 1.82) is 0 Å². The third kappa shape index (κ3) is 7.31. The second-order valence-electron chi connectivity index (χ2n) is 11.2. The van der Waals surface area contributed by atoms with E-state index in [1.165, 1.54) is 12.0 Å². The lowest BCUT2D eigenvalue weighted by atomic mass is 9.83. The largest absolute Gasteiger partial charge is 0.295 e. The van der Waals surface area contributed by atoms with E-state index in [4.69, 9.17) is 0 Å². The molecule has 0 aliphatic carbocycles. The molecule has 0 aliphatic heterocycles. The first-order valence-electron chi connectivity index (χ1n) is 12.3. The Bertz CT molecular complexity index is 991. The van der Waals surface area contributed by atoms with Gasteiger partial charge < -0.3 is 0 Å². The zero-order valence-corrected chi connectivity index (χ0v) is 22.2. The van der Waals surface area contributed by atoms with Crippen LogP contribution in [0.15, 0.2) is 35.2 Å². The fourth-order valence-electron chi connectivity index (χ4n) is 5.60. The number of hydrogen-bond acceptors (Lipinski definition) is 2. The molecule has 0 saturated heterocycles. The molecule has 0 aliphatic rings. The van der Waals surface area contributed by atoms with Crippen LogP contribution in [0.2, 0.25) is 0 Å². The van der Waals surface area contributed by atoms with Gasteiger partial charge in [-0.25, -0.2) is 0 Å². The highest BCUT2D eigenvalue weighted by molar-refractivity contribution is 7.86. The smallest absolute Gasteiger partial charge is 0.282 e. The molecule has 1 N–H and O–H groups in total. The standard InChI is InChI=1S/C28H44O3S/c1-18(2)12-20(5)14-22(7)24-16-27-25(23(8)15-21(6)13-19(3)4)10-9-11-26(27)28(17-24)32(29,30)31/h9-11,16-23H,12-15H2,1-8H3,(H,29,30,31). The molecule has 0 saturated carbocycles. The van der Waals surface area contributed by atoms with Crippen LogP contribution in [0.25, 0.3) is 10.8 Å². The van der Waals surface area contributed by atoms with Crippen LogP contribution in [-0.4, -0.2) is 13.0 Å². The molecule has 3 nitrogen and oxygen atoms in total. The molecule has 2 aromatic carbocycles. The van der Waals surface area contributed by atoms with Crippen molar-refractivity contribution in [2.24, 2.45) is 23.7 Å². The molecule has 0 radical (unpaired) electrons. The average Bonchev–Trinajstić information content (AvgIpc) is 2.64. The van der Waals surface area contributed by atoms with Gasteiger partial charge in [0.05, 0.1) is 0 Å². The fourth-order valence-corrected chi connectivity index (χ4v) is 6.34. The molecule has 0 spiro atoms. The lowest BCUT2D eigenvalue weighted by Gasteiger charge is -2.23. The molecule has 0 amide bonds. The Labute approximate surface area is 196 Å². The van der Waals surface area contributed by atoms with E-state index < -0.39 is 10.1 Å². The Morgan fingerprint density at radius 1 is 0.719 bits per heavy atom. The minimum atomic E-state index is -4.31. The first kappa shape index (κ1) is 26.9. The number of benzene rings is 2. The number of fused-ring (bicyclic) bond motifs is 1. The van der Waals surface area contributed by atoms with E-state index in [0.29, 0.717) is 35.0 Å². The van der Waals surface area contributed by atoms with Gasteiger partial charge in [-0.2, -0.15) is 8.42 Å². The topological polar surface area (TPSA) is 54.4 Å². The summed E-state index contributed by atoms with van der Waals surface area (Å²) in [6, 6.07) is 9.74. The summed E-state index contributed by atoms with van der Waals surface area (Å²) in [5, 5.41) is 1.59. The fraction of sp³-hybridized carbons (Fsp3) is 0.643. The number of rotatable bonds is 11. The van der Waals surface area contributed by atoms with Gasteiger partial charge in [0, 0.05) is 5.39 Å². The van der Waals surface area contributed by atoms with Crippen LogP contribution in [0.1, 0.15) is 104 Å². The molecule has 4 heteroatoms. The van der Waals surface area contributed by atoms with E-state index in [0.717, 1.165) is 30.2 Å². The van der Waals surface area contributed by atoms with Crippen LogP contribution in [-0.2, 0) is 10.1 Å². The van der Waals surface area contributed by atoms with Crippen LogP contribution in [0.4, 0.5) is 0 Å². The van der Waals surface area contributed by atoms with Crippen molar-refractivity contribution >= 4 is 20.9 Å². The predicted octanol–water partition coefficient (Wildman–Crippen LogP) is 8.44. The summed E-state index contributed by atoms with van der Waals surface area (Å²) in [6.07, 6.45) is 4.39. The minimum absolute atomic E-state index is 0.0395. The van der Waals surface area contributed by atoms with Gasteiger partial charge in [0.15, 0.2) is 0 Å². The van der Waals surface area contributed by atoms with Gasteiger partial charge in [0.25, 0.3) is 10.1 Å². The van der Waals surface area contributed by atoms with Gasteiger partial charge >= 0.3 is 0 Å². The van der Waals surface area contributed by atoms with Gasteiger partial charge in [0.2, 0.25) is 0 Å². The summed E-state index contributed by atoms with van der Waals surface area (Å²) in [6.45, 7) is 18.0. The Hall–Kier alpha value is -1.39. The van der Waals surface area contributed by atoms with Crippen LogP contribution in [0.3, 0.4) is 0 Å². The summed E-state index contributed by atoms with van der Waals surface area (Å²) >= 11 is 0. The maximum Gasteiger partial charge on any atom is 0.295 e. The van der Waals surface area contributed by atoms with Crippen molar-refractivity contribution in [3.63, 3.8) is 0 Å². The Kier molecular flexibility index (Phi) is 9.36. The third-order valence-corrected chi connectivity index (χ3v) is 7.54. The molecule has 0 fully saturated rings. The molecule has 2 rings (SSSR count). The maximum absolute atomic E-state index is 12.3. The van der Waals surface area contributed by atoms with Crippen molar-refractivity contribution in [2.45, 2.75) is 97.8 Å². The summed E-state index contributed by atoms with van der Waals surface area (Å²) < 4.78 is 34.7. The lowest BCUT2D eigenvalue weighted by Crippen LogP contribution is -2.09. The van der Waals surface area contributed by atoms with Crippen LogP contribution in [0, 0.1) is 23.7 Å². The predicted molar refractivity (Wildman–Crippen MR) is 137 cm³/mol. The lowest BCUT2D eigenvalue weighted by molar-refractivity contribution is 0.392. The first-order valence-corrected chi connectivity index (χ1v) is 13.8. The van der Waals surface area contributed by atoms with Gasteiger partial charge in [-0.3, -0.25) is 4.55 Å². The van der Waals surface area contributed by atoms with E-state index in [1.807, 2.05) is 12.1 Å². The highest BCUT2D eigenvalue weighted by Crippen LogP contribution is 2.37. The zero-order chi connectivity index (χ0) is 24.2. The molecule has 0 heterocycles. The monoisotopic (exact) mass is 460 g/mol. The van der Waals surface area contributed by atoms with E-state index in [-0.39, 0.29) is 10.8 Å². The summed E-state index contributed by atoms with van der Waals surface area (Å²) in [5.74, 6) is 2.99. The average molecular weight is 461 g/mol. The molecular formula is C28H44O3S. The Morgan fingerprint density at radius 2 is 1.25 bits per heavy atom. The van der Waals surface area contributed by atoms with Gasteiger partial charge in [0.1, 0.15) is 4.90 Å². The molecule has 4 atom stereocenters. The van der Waals surface area contributed by atoms with Crippen LogP contribution >= 0.6 is 0 Å². The molecule has 0 aromatic heterocycles. The van der Waals surface area contributed by atoms with Crippen molar-refractivity contribution in [2.75, 3.05) is 0 Å². The van der Waals surface area contributed by atoms with E-state index in [1.54, 1.807) is 6.07 Å². The van der Waals surface area contributed by atoms with Crippen molar-refractivity contribution < 1.29 is 13.0 Å². The van der Waals surface area contributed by atoms with Crippen LogP contribution < -0.4 is 0 Å². The summed E-state index contributed by atoms with van der Waals surface area (Å²) in [4.78, 5) is 0.0395. The first-order chi connectivity index (χ1) is 14.8. The van der Waals surface area contributed by atoms with Crippen LogP contribution in [0.5, 0.6) is 0 Å². The van der Waals surface area contributed by atoms with Crippen molar-refractivity contribution in [3.05, 3.63) is 41.5 Å². The Morgan fingerprint density at radius 3 is 1.75 bits per heavy atom. The summed E-state index contributed by atoms with van der Waals surface area (Å²) in [7, 11) is -4.31. The van der Waals surface area contributed by atoms with E-state index in [9.17, 15) is 13.0 Å². The zero-order valence-electron chi connectivity index (χ0n) is 21.4. The third-order valence-electron chi connectivity index (χ3n) is 6.65. The molecule has 0 bridgehead atoms. The quantitative estimate of drug-likeness (QED) is 0.342. The van der Waals surface area contributed by atoms with E-state index in [2.05, 4.69) is 67.5 Å². The van der Waals surface area contributed by atoms with Gasteiger partial charge in [-0.05, 0) is 83.8 Å². The van der Waals surface area contributed by atoms with E-state index >= 15 is 0 Å². The minimum Gasteiger partial charge on any atom is -0.282 e. The summed E-state index contributed by atoms with van der Waals surface area (Å²) in [5.41, 5.74) is 2.17. The SMILES string of the molecule is CC(C)CC(C)CC(C)c1cc(S(=O)(=O)O)c2cccc(C(C)CC(C)CC(C)C)c2c1. The second-order valence-corrected chi connectivity index (χ2v) is 12.6. The van der Waals surface area contributed by atoms with Crippen molar-refractivity contribution in [3.8, 4) is 0 Å². The maximum atomic E-state index is 12.3.